The van der Waals surface area contributed by atoms with E-state index in [9.17, 15) is 0 Å². The first-order chi connectivity index (χ1) is 21.8. The average molecular weight is 582 g/mol. The molecule has 0 bridgehead atoms. The van der Waals surface area contributed by atoms with Gasteiger partial charge in [0.05, 0.1) is 22.4 Å². The van der Waals surface area contributed by atoms with Gasteiger partial charge in [-0.3, -0.25) is 4.57 Å². The number of hydrogen-bond donors (Lipinski definition) is 0. The molecule has 3 nitrogen and oxygen atoms in total. The van der Waals surface area contributed by atoms with Crippen LogP contribution in [0.3, 0.4) is 0 Å². The quantitative estimate of drug-likeness (QED) is 0.207. The first-order valence-corrected chi connectivity index (χ1v) is 15.8. The molecule has 0 saturated carbocycles. The number of fused-ring (bicyclic) bond motifs is 6. The van der Waals surface area contributed by atoms with Gasteiger partial charge in [-0.05, 0) is 60.0 Å². The molecule has 44 heavy (non-hydrogen) atoms. The third kappa shape index (κ3) is 4.10. The maximum atomic E-state index is 5.23. The van der Waals surface area contributed by atoms with Gasteiger partial charge in [0, 0.05) is 42.4 Å². The van der Waals surface area contributed by atoms with E-state index in [1.165, 1.54) is 42.1 Å². The molecule has 0 saturated heterocycles. The van der Waals surface area contributed by atoms with E-state index in [0.29, 0.717) is 5.95 Å². The summed E-state index contributed by atoms with van der Waals surface area (Å²) in [6, 6.07) is 43.6. The van der Waals surface area contributed by atoms with Crippen LogP contribution in [0, 0.1) is 0 Å². The highest BCUT2D eigenvalue weighted by Gasteiger charge is 2.19. The van der Waals surface area contributed by atoms with E-state index in [1.807, 2.05) is 17.4 Å². The molecule has 3 aromatic heterocycles. The van der Waals surface area contributed by atoms with Gasteiger partial charge in [0.1, 0.15) is 0 Å². The highest BCUT2D eigenvalue weighted by Crippen LogP contribution is 2.39. The Hall–Kier alpha value is -5.32. The molecule has 0 N–H and O–H groups in total. The standard InChI is InChI=1S/C40H27N3S/c1-3-11-26(12-4-1)34-25-35(27-13-5-2-6-14-27)42-40(41-34)43-36-17-9-7-15-30(36)32-23-28(19-21-37(32)43)29-20-22-39-33(24-29)31-16-8-10-18-38(31)44-39/h1-13,15-25,27H,14H2. The van der Waals surface area contributed by atoms with Gasteiger partial charge in [0.25, 0.3) is 0 Å². The lowest BCUT2D eigenvalue weighted by Crippen LogP contribution is -2.08. The van der Waals surface area contributed by atoms with E-state index in [4.69, 9.17) is 9.97 Å². The van der Waals surface area contributed by atoms with Crippen LogP contribution in [-0.2, 0) is 0 Å². The van der Waals surface area contributed by atoms with Crippen molar-refractivity contribution in [2.24, 2.45) is 0 Å². The third-order valence-corrected chi connectivity index (χ3v) is 9.90. The van der Waals surface area contributed by atoms with Gasteiger partial charge in [-0.15, -0.1) is 11.3 Å². The molecular weight excluding hydrogens is 555 g/mol. The van der Waals surface area contributed by atoms with Crippen molar-refractivity contribution >= 4 is 53.3 Å². The summed E-state index contributed by atoms with van der Waals surface area (Å²) in [7, 11) is 0. The molecule has 1 atom stereocenters. The van der Waals surface area contributed by atoms with Crippen molar-refractivity contribution in [3.05, 3.63) is 151 Å². The second-order valence-electron chi connectivity index (χ2n) is 11.4. The van der Waals surface area contributed by atoms with Crippen molar-refractivity contribution in [1.29, 1.82) is 0 Å². The lowest BCUT2D eigenvalue weighted by molar-refractivity contribution is 0.797. The molecule has 0 radical (unpaired) electrons. The fraction of sp³-hybridized carbons (Fsp3) is 0.0500. The summed E-state index contributed by atoms with van der Waals surface area (Å²) >= 11 is 1.86. The minimum atomic E-state index is 0.215. The van der Waals surface area contributed by atoms with Crippen molar-refractivity contribution in [3.63, 3.8) is 0 Å². The van der Waals surface area contributed by atoms with Gasteiger partial charge in [-0.25, -0.2) is 9.97 Å². The van der Waals surface area contributed by atoms with Crippen molar-refractivity contribution in [1.82, 2.24) is 14.5 Å². The number of allylic oxidation sites excluding steroid dienone is 4. The van der Waals surface area contributed by atoms with Gasteiger partial charge >= 0.3 is 0 Å². The van der Waals surface area contributed by atoms with Crippen LogP contribution in [0.4, 0.5) is 0 Å². The van der Waals surface area contributed by atoms with E-state index in [-0.39, 0.29) is 5.92 Å². The van der Waals surface area contributed by atoms with E-state index < -0.39 is 0 Å². The summed E-state index contributed by atoms with van der Waals surface area (Å²) in [6.45, 7) is 0. The minimum absolute atomic E-state index is 0.215. The Labute approximate surface area is 259 Å². The molecule has 8 aromatic rings. The maximum absolute atomic E-state index is 5.23. The first-order valence-electron chi connectivity index (χ1n) is 15.0. The SMILES string of the molecule is C1=CCC(c2cc(-c3ccccc3)nc(-n3c4ccccc4c4cc(-c5ccc6sc7ccccc7c6c5)ccc43)n2)C=C1. The number of rotatable bonds is 4. The van der Waals surface area contributed by atoms with Gasteiger partial charge < -0.3 is 0 Å². The van der Waals surface area contributed by atoms with Crippen LogP contribution in [0.25, 0.3) is 70.3 Å². The second-order valence-corrected chi connectivity index (χ2v) is 12.5. The molecule has 0 amide bonds. The molecule has 3 heterocycles. The summed E-state index contributed by atoms with van der Waals surface area (Å²) in [6.07, 6.45) is 9.62. The molecule has 9 rings (SSSR count). The zero-order valence-corrected chi connectivity index (χ0v) is 24.7. The molecule has 0 aliphatic heterocycles. The van der Waals surface area contributed by atoms with Crippen LogP contribution < -0.4 is 0 Å². The molecule has 5 aromatic carbocycles. The Morgan fingerprint density at radius 2 is 1.30 bits per heavy atom. The zero-order valence-electron chi connectivity index (χ0n) is 23.9. The highest BCUT2D eigenvalue weighted by atomic mass is 32.1. The predicted octanol–water partition coefficient (Wildman–Crippen LogP) is 10.9. The lowest BCUT2D eigenvalue weighted by atomic mass is 9.96. The first kappa shape index (κ1) is 25.2. The Balaban J connectivity index is 1.25. The molecule has 208 valence electrons. The summed E-state index contributed by atoms with van der Waals surface area (Å²) in [5.74, 6) is 0.918. The Morgan fingerprint density at radius 1 is 0.568 bits per heavy atom. The summed E-state index contributed by atoms with van der Waals surface area (Å²) in [5, 5.41) is 5.03. The second kappa shape index (κ2) is 10.1. The topological polar surface area (TPSA) is 30.7 Å². The van der Waals surface area contributed by atoms with E-state index in [2.05, 4.69) is 144 Å². The monoisotopic (exact) mass is 581 g/mol. The highest BCUT2D eigenvalue weighted by molar-refractivity contribution is 7.25. The van der Waals surface area contributed by atoms with Crippen molar-refractivity contribution in [2.45, 2.75) is 12.3 Å². The Kier molecular flexibility index (Phi) is 5.81. The Morgan fingerprint density at radius 3 is 2.16 bits per heavy atom. The predicted molar refractivity (Wildman–Crippen MR) is 186 cm³/mol. The molecule has 4 heteroatoms. The number of para-hydroxylation sites is 1. The van der Waals surface area contributed by atoms with Crippen LogP contribution in [0.2, 0.25) is 0 Å². The van der Waals surface area contributed by atoms with Crippen LogP contribution in [-0.4, -0.2) is 14.5 Å². The van der Waals surface area contributed by atoms with Gasteiger partial charge in [-0.2, -0.15) is 0 Å². The lowest BCUT2D eigenvalue weighted by Gasteiger charge is -2.16. The number of benzene rings is 5. The fourth-order valence-corrected chi connectivity index (χ4v) is 7.66. The minimum Gasteiger partial charge on any atom is -0.278 e. The number of aromatic nitrogens is 3. The van der Waals surface area contributed by atoms with E-state index >= 15 is 0 Å². The maximum Gasteiger partial charge on any atom is 0.235 e. The molecular formula is C40H27N3S. The number of thiophene rings is 1. The molecule has 1 aliphatic carbocycles. The third-order valence-electron chi connectivity index (χ3n) is 8.75. The average Bonchev–Trinajstić information content (AvgIpc) is 3.64. The largest absolute Gasteiger partial charge is 0.278 e. The van der Waals surface area contributed by atoms with Crippen LogP contribution in [0.15, 0.2) is 146 Å². The number of hydrogen-bond acceptors (Lipinski definition) is 3. The Bertz CT molecular complexity index is 2430. The zero-order chi connectivity index (χ0) is 29.0. The van der Waals surface area contributed by atoms with Crippen molar-refractivity contribution in [3.8, 4) is 28.3 Å². The molecule has 0 fully saturated rings. The fourth-order valence-electron chi connectivity index (χ4n) is 6.57. The van der Waals surface area contributed by atoms with E-state index in [0.717, 1.165) is 34.4 Å². The van der Waals surface area contributed by atoms with Gasteiger partial charge in [0.2, 0.25) is 5.95 Å². The smallest absolute Gasteiger partial charge is 0.235 e. The summed E-state index contributed by atoms with van der Waals surface area (Å²) < 4.78 is 4.89. The normalized spacial score (nSPS) is 14.8. The molecule has 1 unspecified atom stereocenters. The van der Waals surface area contributed by atoms with Crippen LogP contribution in [0.5, 0.6) is 0 Å². The summed E-state index contributed by atoms with van der Waals surface area (Å²) in [5.41, 5.74) is 7.70. The van der Waals surface area contributed by atoms with Crippen molar-refractivity contribution in [2.75, 3.05) is 0 Å². The molecule has 0 spiro atoms. The van der Waals surface area contributed by atoms with Crippen LogP contribution in [0.1, 0.15) is 18.0 Å². The van der Waals surface area contributed by atoms with E-state index in [1.54, 1.807) is 0 Å². The van der Waals surface area contributed by atoms with Crippen LogP contribution >= 0.6 is 11.3 Å². The number of nitrogens with zero attached hydrogens (tertiary/aromatic N) is 3. The van der Waals surface area contributed by atoms with Gasteiger partial charge in [0.15, 0.2) is 0 Å². The van der Waals surface area contributed by atoms with Crippen molar-refractivity contribution < 1.29 is 0 Å². The van der Waals surface area contributed by atoms with Gasteiger partial charge in [-0.1, -0.05) is 103 Å². The molecule has 1 aliphatic rings. The summed E-state index contributed by atoms with van der Waals surface area (Å²) in [4.78, 5) is 10.4.